The first-order chi connectivity index (χ1) is 11.7. The molecule has 4 rings (SSSR count). The van der Waals surface area contributed by atoms with E-state index in [1.807, 2.05) is 0 Å². The lowest BCUT2D eigenvalue weighted by atomic mass is 9.99. The number of hydrogen-bond acceptors (Lipinski definition) is 6. The molecule has 3 heterocycles. The number of rotatable bonds is 4. The van der Waals surface area contributed by atoms with Crippen molar-refractivity contribution in [2.24, 2.45) is 0 Å². The summed E-state index contributed by atoms with van der Waals surface area (Å²) < 4.78 is 31.4. The van der Waals surface area contributed by atoms with Gasteiger partial charge in [0.25, 0.3) is 0 Å². The summed E-state index contributed by atoms with van der Waals surface area (Å²) in [5, 5.41) is 3.90. The van der Waals surface area contributed by atoms with Gasteiger partial charge < -0.3 is 4.52 Å². The second kappa shape index (κ2) is 6.04. The molecule has 122 valence electrons. The van der Waals surface area contributed by atoms with E-state index in [0.29, 0.717) is 24.1 Å². The van der Waals surface area contributed by atoms with E-state index in [0.717, 1.165) is 24.7 Å². The minimum absolute atomic E-state index is 0.125. The van der Waals surface area contributed by atoms with Gasteiger partial charge in [0.05, 0.1) is 5.92 Å². The van der Waals surface area contributed by atoms with Crippen LogP contribution in [0.4, 0.5) is 8.78 Å². The average Bonchev–Trinajstić information content (AvgIpc) is 3.04. The van der Waals surface area contributed by atoms with Gasteiger partial charge in [-0.3, -0.25) is 4.90 Å². The quantitative estimate of drug-likeness (QED) is 0.732. The van der Waals surface area contributed by atoms with Gasteiger partial charge in [-0.25, -0.2) is 18.7 Å². The van der Waals surface area contributed by atoms with Gasteiger partial charge in [-0.15, -0.1) is 0 Å². The van der Waals surface area contributed by atoms with Crippen LogP contribution in [0.2, 0.25) is 0 Å². The maximum absolute atomic E-state index is 13.2. The molecule has 0 bridgehead atoms. The maximum Gasteiger partial charge on any atom is 0.240 e. The van der Waals surface area contributed by atoms with Crippen molar-refractivity contribution < 1.29 is 13.3 Å². The highest BCUT2D eigenvalue weighted by Gasteiger charge is 2.32. The monoisotopic (exact) mass is 329 g/mol. The van der Waals surface area contributed by atoms with Crippen LogP contribution in [0, 0.1) is 11.6 Å². The molecular formula is C16H13F2N5O. The molecule has 0 unspecified atom stereocenters. The van der Waals surface area contributed by atoms with Gasteiger partial charge in [-0.05, 0) is 23.8 Å². The van der Waals surface area contributed by atoms with Gasteiger partial charge in [0.1, 0.15) is 0 Å². The fourth-order valence-electron chi connectivity index (χ4n) is 2.66. The molecule has 0 N–H and O–H groups in total. The van der Waals surface area contributed by atoms with Crippen LogP contribution in [-0.4, -0.2) is 38.1 Å². The van der Waals surface area contributed by atoms with Crippen molar-refractivity contribution in [2.45, 2.75) is 12.5 Å². The first-order valence-electron chi connectivity index (χ1n) is 7.46. The molecule has 2 aromatic heterocycles. The molecule has 0 radical (unpaired) electrons. The Kier molecular flexibility index (Phi) is 3.73. The van der Waals surface area contributed by atoms with Gasteiger partial charge in [0.15, 0.2) is 11.6 Å². The SMILES string of the molecule is Fc1ccc(CN2CC(c3nc(-c4ncccn4)no3)C2)cc1F. The topological polar surface area (TPSA) is 67.9 Å². The fraction of sp³-hybridized carbons (Fsp3) is 0.250. The van der Waals surface area contributed by atoms with E-state index >= 15 is 0 Å². The fourth-order valence-corrected chi connectivity index (χ4v) is 2.66. The van der Waals surface area contributed by atoms with Crippen molar-refractivity contribution in [1.82, 2.24) is 25.0 Å². The van der Waals surface area contributed by atoms with Crippen LogP contribution in [0.25, 0.3) is 11.6 Å². The smallest absolute Gasteiger partial charge is 0.240 e. The van der Waals surface area contributed by atoms with E-state index in [9.17, 15) is 8.78 Å². The zero-order chi connectivity index (χ0) is 16.5. The van der Waals surface area contributed by atoms with Crippen LogP contribution in [0.5, 0.6) is 0 Å². The van der Waals surface area contributed by atoms with E-state index < -0.39 is 11.6 Å². The number of hydrogen-bond donors (Lipinski definition) is 0. The Hall–Kier alpha value is -2.74. The normalized spacial score (nSPS) is 15.4. The zero-order valence-electron chi connectivity index (χ0n) is 12.6. The average molecular weight is 329 g/mol. The summed E-state index contributed by atoms with van der Waals surface area (Å²) in [4.78, 5) is 14.6. The third-order valence-corrected chi connectivity index (χ3v) is 3.90. The number of aromatic nitrogens is 4. The van der Waals surface area contributed by atoms with Gasteiger partial charge in [0.2, 0.25) is 17.5 Å². The first kappa shape index (κ1) is 14.8. The molecule has 0 atom stereocenters. The molecule has 6 nitrogen and oxygen atoms in total. The van der Waals surface area contributed by atoms with Gasteiger partial charge >= 0.3 is 0 Å². The van der Waals surface area contributed by atoms with Gasteiger partial charge in [-0.1, -0.05) is 11.2 Å². The standard InChI is InChI=1S/C16H13F2N5O/c17-12-3-2-10(6-13(12)18)7-23-8-11(9-23)16-21-15(22-24-16)14-19-4-1-5-20-14/h1-6,11H,7-9H2. The summed E-state index contributed by atoms with van der Waals surface area (Å²) in [5.74, 6) is -0.204. The number of likely N-dealkylation sites (tertiary alicyclic amines) is 1. The maximum atomic E-state index is 13.2. The second-order valence-corrected chi connectivity index (χ2v) is 5.67. The number of benzene rings is 1. The van der Waals surface area contributed by atoms with Crippen LogP contribution in [-0.2, 0) is 6.54 Å². The van der Waals surface area contributed by atoms with Crippen molar-refractivity contribution in [1.29, 1.82) is 0 Å². The van der Waals surface area contributed by atoms with E-state index in [4.69, 9.17) is 4.52 Å². The van der Waals surface area contributed by atoms with Crippen molar-refractivity contribution in [2.75, 3.05) is 13.1 Å². The first-order valence-corrected chi connectivity index (χ1v) is 7.46. The van der Waals surface area contributed by atoms with Gasteiger partial charge in [-0.2, -0.15) is 4.98 Å². The van der Waals surface area contributed by atoms with Crippen molar-refractivity contribution in [3.63, 3.8) is 0 Å². The van der Waals surface area contributed by atoms with Crippen molar-refractivity contribution >= 4 is 0 Å². The van der Waals surface area contributed by atoms with Crippen LogP contribution < -0.4 is 0 Å². The van der Waals surface area contributed by atoms with E-state index in [2.05, 4.69) is 25.0 Å². The third kappa shape index (κ3) is 2.88. The van der Waals surface area contributed by atoms with Crippen LogP contribution >= 0.6 is 0 Å². The molecule has 8 heteroatoms. The Bertz CT molecular complexity index is 849. The molecule has 1 aliphatic rings. The Morgan fingerprint density at radius 2 is 1.88 bits per heavy atom. The summed E-state index contributed by atoms with van der Waals surface area (Å²) in [7, 11) is 0. The molecule has 1 fully saturated rings. The summed E-state index contributed by atoms with van der Waals surface area (Å²) in [6.45, 7) is 1.99. The van der Waals surface area contributed by atoms with Crippen LogP contribution in [0.15, 0.2) is 41.2 Å². The van der Waals surface area contributed by atoms with Crippen molar-refractivity contribution in [3.8, 4) is 11.6 Å². The molecule has 0 saturated carbocycles. The highest BCUT2D eigenvalue weighted by Crippen LogP contribution is 2.28. The Morgan fingerprint density at radius 3 is 2.62 bits per heavy atom. The molecule has 24 heavy (non-hydrogen) atoms. The predicted molar refractivity (Wildman–Crippen MR) is 79.7 cm³/mol. The lowest BCUT2D eigenvalue weighted by Crippen LogP contribution is -2.44. The summed E-state index contributed by atoms with van der Waals surface area (Å²) >= 11 is 0. The van der Waals surface area contributed by atoms with Crippen LogP contribution in [0.1, 0.15) is 17.4 Å². The predicted octanol–water partition coefficient (Wildman–Crippen LogP) is 2.40. The summed E-state index contributed by atoms with van der Waals surface area (Å²) in [6, 6.07) is 5.67. The van der Waals surface area contributed by atoms with Gasteiger partial charge in [0, 0.05) is 32.0 Å². The highest BCUT2D eigenvalue weighted by molar-refractivity contribution is 5.40. The lowest BCUT2D eigenvalue weighted by molar-refractivity contribution is 0.117. The highest BCUT2D eigenvalue weighted by atomic mass is 19.2. The van der Waals surface area contributed by atoms with E-state index in [1.165, 1.54) is 6.07 Å². The largest absolute Gasteiger partial charge is 0.338 e. The molecule has 1 aromatic carbocycles. The lowest BCUT2D eigenvalue weighted by Gasteiger charge is -2.37. The van der Waals surface area contributed by atoms with Crippen molar-refractivity contribution in [3.05, 3.63) is 59.7 Å². The minimum Gasteiger partial charge on any atom is -0.338 e. The minimum atomic E-state index is -0.832. The molecule has 0 spiro atoms. The van der Waals surface area contributed by atoms with E-state index in [-0.39, 0.29) is 5.92 Å². The number of halogens is 2. The summed E-state index contributed by atoms with van der Waals surface area (Å²) in [5.41, 5.74) is 0.733. The zero-order valence-corrected chi connectivity index (χ0v) is 12.6. The molecule has 3 aromatic rings. The summed E-state index contributed by atoms with van der Waals surface area (Å²) in [6.07, 6.45) is 3.23. The third-order valence-electron chi connectivity index (χ3n) is 3.90. The number of nitrogens with zero attached hydrogens (tertiary/aromatic N) is 5. The Labute approximate surface area is 136 Å². The molecule has 0 aliphatic carbocycles. The Morgan fingerprint density at radius 1 is 1.08 bits per heavy atom. The molecule has 1 aliphatic heterocycles. The molecule has 1 saturated heterocycles. The molecular weight excluding hydrogens is 316 g/mol. The Balaban J connectivity index is 1.37. The molecule has 0 amide bonds. The van der Waals surface area contributed by atoms with E-state index in [1.54, 1.807) is 24.5 Å². The second-order valence-electron chi connectivity index (χ2n) is 5.67. The van der Waals surface area contributed by atoms with Crippen LogP contribution in [0.3, 0.4) is 0 Å².